The number of fused-ring (bicyclic) bond motifs is 1. The molecule has 1 N–H and O–H groups in total. The van der Waals surface area contributed by atoms with Crippen molar-refractivity contribution in [3.05, 3.63) is 58.9 Å². The molecule has 7 nitrogen and oxygen atoms in total. The Morgan fingerprint density at radius 2 is 1.77 bits per heavy atom. The van der Waals surface area contributed by atoms with Crippen molar-refractivity contribution in [2.24, 2.45) is 0 Å². The quantitative estimate of drug-likeness (QED) is 0.694. The first-order chi connectivity index (χ1) is 14.2. The standard InChI is InChI=1S/C23H29N5O2/c1-7-28-20-11-9-17(22(29)26(4)5)13-19(20)25-21(28)14-27(6)23(30)24-18-10-8-15(2)16(3)12-18/h8-13H,7,14H2,1-6H3,(H,24,30). The molecule has 1 aromatic heterocycles. The normalized spacial score (nSPS) is 10.9. The van der Waals surface area contributed by atoms with Crippen LogP contribution in [0.5, 0.6) is 0 Å². The van der Waals surface area contributed by atoms with Gasteiger partial charge in [-0.25, -0.2) is 9.78 Å². The molecule has 0 unspecified atom stereocenters. The lowest BCUT2D eigenvalue weighted by molar-refractivity contribution is 0.0827. The largest absolute Gasteiger partial charge is 0.345 e. The first kappa shape index (κ1) is 21.4. The zero-order chi connectivity index (χ0) is 22.0. The average Bonchev–Trinajstić information content (AvgIpc) is 3.05. The van der Waals surface area contributed by atoms with Gasteiger partial charge in [0.25, 0.3) is 5.91 Å². The predicted molar refractivity (Wildman–Crippen MR) is 120 cm³/mol. The van der Waals surface area contributed by atoms with Crippen molar-refractivity contribution in [2.75, 3.05) is 26.5 Å². The number of hydrogen-bond donors (Lipinski definition) is 1. The van der Waals surface area contributed by atoms with E-state index < -0.39 is 0 Å². The van der Waals surface area contributed by atoms with Gasteiger partial charge >= 0.3 is 6.03 Å². The number of nitrogens with one attached hydrogen (secondary N) is 1. The smallest absolute Gasteiger partial charge is 0.321 e. The van der Waals surface area contributed by atoms with Crippen LogP contribution in [0.2, 0.25) is 0 Å². The number of urea groups is 1. The van der Waals surface area contributed by atoms with Crippen molar-refractivity contribution in [1.82, 2.24) is 19.4 Å². The van der Waals surface area contributed by atoms with E-state index in [-0.39, 0.29) is 11.9 Å². The topological polar surface area (TPSA) is 70.5 Å². The van der Waals surface area contributed by atoms with Crippen molar-refractivity contribution in [3.63, 3.8) is 0 Å². The highest BCUT2D eigenvalue weighted by Gasteiger charge is 2.17. The molecule has 1 heterocycles. The van der Waals surface area contributed by atoms with Gasteiger partial charge in [-0.3, -0.25) is 4.79 Å². The molecule has 0 bridgehead atoms. The Labute approximate surface area is 177 Å². The van der Waals surface area contributed by atoms with Crippen LogP contribution in [-0.4, -0.2) is 52.4 Å². The summed E-state index contributed by atoms with van der Waals surface area (Å²) in [7, 11) is 5.20. The van der Waals surface area contributed by atoms with Gasteiger partial charge in [0, 0.05) is 38.9 Å². The summed E-state index contributed by atoms with van der Waals surface area (Å²) in [6.45, 7) is 7.18. The molecule has 3 rings (SSSR count). The number of carbonyl (C=O) groups is 2. The van der Waals surface area contributed by atoms with Crippen molar-refractivity contribution in [3.8, 4) is 0 Å². The average molecular weight is 408 g/mol. The first-order valence-electron chi connectivity index (χ1n) is 10.0. The van der Waals surface area contributed by atoms with Crippen molar-refractivity contribution in [2.45, 2.75) is 33.9 Å². The molecule has 3 amide bonds. The summed E-state index contributed by atoms with van der Waals surface area (Å²) in [5, 5.41) is 2.94. The third-order valence-electron chi connectivity index (χ3n) is 5.28. The Morgan fingerprint density at radius 3 is 2.40 bits per heavy atom. The molecule has 0 saturated carbocycles. The molecule has 0 aliphatic heterocycles. The number of imidazole rings is 1. The zero-order valence-corrected chi connectivity index (χ0v) is 18.5. The molecule has 0 radical (unpaired) electrons. The summed E-state index contributed by atoms with van der Waals surface area (Å²) in [5.74, 6) is 0.717. The molecule has 0 fully saturated rings. The van der Waals surface area contributed by atoms with E-state index in [0.717, 1.165) is 34.7 Å². The van der Waals surface area contributed by atoms with Crippen molar-refractivity contribution >= 4 is 28.7 Å². The van der Waals surface area contributed by atoms with Gasteiger partial charge in [-0.05, 0) is 62.2 Å². The van der Waals surface area contributed by atoms with Gasteiger partial charge in [0.1, 0.15) is 5.82 Å². The van der Waals surface area contributed by atoms with Gasteiger partial charge in [-0.1, -0.05) is 6.07 Å². The predicted octanol–water partition coefficient (Wildman–Crippen LogP) is 4.04. The van der Waals surface area contributed by atoms with Crippen LogP contribution >= 0.6 is 0 Å². The van der Waals surface area contributed by atoms with Crippen LogP contribution in [0.15, 0.2) is 36.4 Å². The van der Waals surface area contributed by atoms with Gasteiger partial charge in [0.05, 0.1) is 17.6 Å². The molecule has 2 aromatic carbocycles. The highest BCUT2D eigenvalue weighted by Crippen LogP contribution is 2.20. The van der Waals surface area contributed by atoms with E-state index in [9.17, 15) is 9.59 Å². The van der Waals surface area contributed by atoms with Crippen LogP contribution < -0.4 is 5.32 Å². The van der Waals surface area contributed by atoms with E-state index >= 15 is 0 Å². The second-order valence-corrected chi connectivity index (χ2v) is 7.76. The third kappa shape index (κ3) is 4.30. The zero-order valence-electron chi connectivity index (χ0n) is 18.5. The maximum absolute atomic E-state index is 12.7. The van der Waals surface area contributed by atoms with Crippen LogP contribution in [0.4, 0.5) is 10.5 Å². The van der Waals surface area contributed by atoms with E-state index in [1.54, 1.807) is 30.9 Å². The van der Waals surface area contributed by atoms with Crippen molar-refractivity contribution in [1.29, 1.82) is 0 Å². The number of anilines is 1. The second kappa shape index (κ2) is 8.57. The summed E-state index contributed by atoms with van der Waals surface area (Å²) < 4.78 is 2.07. The number of hydrogen-bond acceptors (Lipinski definition) is 3. The first-order valence-corrected chi connectivity index (χ1v) is 10.0. The van der Waals surface area contributed by atoms with Gasteiger partial charge < -0.3 is 19.7 Å². The number of aryl methyl sites for hydroxylation is 3. The molecule has 0 aliphatic rings. The molecular weight excluding hydrogens is 378 g/mol. The van der Waals surface area contributed by atoms with Crippen LogP contribution in [-0.2, 0) is 13.1 Å². The lowest BCUT2D eigenvalue weighted by Crippen LogP contribution is -2.32. The fourth-order valence-corrected chi connectivity index (χ4v) is 3.37. The summed E-state index contributed by atoms with van der Waals surface area (Å²) >= 11 is 0. The minimum atomic E-state index is -0.198. The summed E-state index contributed by atoms with van der Waals surface area (Å²) in [6.07, 6.45) is 0. The maximum atomic E-state index is 12.7. The molecule has 30 heavy (non-hydrogen) atoms. The summed E-state index contributed by atoms with van der Waals surface area (Å²) in [4.78, 5) is 32.8. The Hall–Kier alpha value is -3.35. The number of benzene rings is 2. The van der Waals surface area contributed by atoms with E-state index in [0.29, 0.717) is 12.1 Å². The highest BCUT2D eigenvalue weighted by molar-refractivity contribution is 5.97. The monoisotopic (exact) mass is 407 g/mol. The molecule has 0 spiro atoms. The summed E-state index contributed by atoms with van der Waals surface area (Å²) in [6, 6.07) is 11.2. The van der Waals surface area contributed by atoms with Gasteiger partial charge in [0.2, 0.25) is 0 Å². The molecule has 7 heteroatoms. The van der Waals surface area contributed by atoms with Crippen LogP contribution in [0, 0.1) is 13.8 Å². The fourth-order valence-electron chi connectivity index (χ4n) is 3.37. The molecular formula is C23H29N5O2. The second-order valence-electron chi connectivity index (χ2n) is 7.76. The third-order valence-corrected chi connectivity index (χ3v) is 5.28. The number of carbonyl (C=O) groups excluding carboxylic acids is 2. The molecule has 3 aromatic rings. The molecule has 0 atom stereocenters. The Balaban J connectivity index is 1.82. The Bertz CT molecular complexity index is 1100. The Morgan fingerprint density at radius 1 is 1.03 bits per heavy atom. The van der Waals surface area contributed by atoms with E-state index in [1.807, 2.05) is 57.2 Å². The maximum Gasteiger partial charge on any atom is 0.321 e. The van der Waals surface area contributed by atoms with E-state index in [1.165, 1.54) is 5.56 Å². The SMILES string of the molecule is CCn1c(CN(C)C(=O)Nc2ccc(C)c(C)c2)nc2cc(C(=O)N(C)C)ccc21. The Kier molecular flexibility index (Phi) is 6.10. The number of aromatic nitrogens is 2. The lowest BCUT2D eigenvalue weighted by Gasteiger charge is -2.18. The van der Waals surface area contributed by atoms with Gasteiger partial charge in [-0.2, -0.15) is 0 Å². The van der Waals surface area contributed by atoms with E-state index in [4.69, 9.17) is 4.98 Å². The highest BCUT2D eigenvalue weighted by atomic mass is 16.2. The summed E-state index contributed by atoms with van der Waals surface area (Å²) in [5.41, 5.74) is 5.39. The minimum absolute atomic E-state index is 0.0608. The number of rotatable bonds is 5. The number of nitrogens with zero attached hydrogens (tertiary/aromatic N) is 4. The molecule has 158 valence electrons. The lowest BCUT2D eigenvalue weighted by atomic mass is 10.1. The van der Waals surface area contributed by atoms with Crippen LogP contribution in [0.25, 0.3) is 11.0 Å². The van der Waals surface area contributed by atoms with E-state index in [2.05, 4.69) is 9.88 Å². The molecule has 0 saturated heterocycles. The van der Waals surface area contributed by atoms with Crippen LogP contribution in [0.3, 0.4) is 0 Å². The van der Waals surface area contributed by atoms with Crippen LogP contribution in [0.1, 0.15) is 34.2 Å². The molecule has 0 aliphatic carbocycles. The fraction of sp³-hybridized carbons (Fsp3) is 0.348. The number of amides is 3. The van der Waals surface area contributed by atoms with Crippen molar-refractivity contribution < 1.29 is 9.59 Å². The minimum Gasteiger partial charge on any atom is -0.345 e. The van der Waals surface area contributed by atoms with Gasteiger partial charge in [0.15, 0.2) is 0 Å². The van der Waals surface area contributed by atoms with Gasteiger partial charge in [-0.15, -0.1) is 0 Å².